The predicted octanol–water partition coefficient (Wildman–Crippen LogP) is 5.09. The lowest BCUT2D eigenvalue weighted by molar-refractivity contribution is -0.118. The van der Waals surface area contributed by atoms with Gasteiger partial charge in [0.05, 0.1) is 20.1 Å². The number of hydrogen-bond acceptors (Lipinski definition) is 5. The first-order valence-electron chi connectivity index (χ1n) is 11.2. The van der Waals surface area contributed by atoms with E-state index >= 15 is 0 Å². The fourth-order valence-corrected chi connectivity index (χ4v) is 4.92. The smallest absolute Gasteiger partial charge is 0.254 e. The Labute approximate surface area is 198 Å². The molecule has 2 aromatic carbocycles. The highest BCUT2D eigenvalue weighted by Crippen LogP contribution is 2.50. The summed E-state index contributed by atoms with van der Waals surface area (Å²) in [6.45, 7) is 5.95. The number of benzene rings is 2. The Morgan fingerprint density at radius 1 is 1.09 bits per heavy atom. The molecule has 4 rings (SSSR count). The number of ketones is 1. The molecule has 0 unspecified atom stereocenters. The van der Waals surface area contributed by atoms with Crippen LogP contribution in [0.4, 0.5) is 10.1 Å². The van der Waals surface area contributed by atoms with E-state index in [-0.39, 0.29) is 17.1 Å². The largest absolute Gasteiger partial charge is 0.493 e. The molecule has 0 spiro atoms. The van der Waals surface area contributed by atoms with Crippen LogP contribution in [0.1, 0.15) is 45.1 Å². The van der Waals surface area contributed by atoms with E-state index in [2.05, 4.69) is 24.5 Å². The summed E-state index contributed by atoms with van der Waals surface area (Å²) in [5.41, 5.74) is 3.39. The minimum Gasteiger partial charge on any atom is -0.493 e. The molecular weight excluding hydrogens is 435 g/mol. The molecule has 0 aromatic heterocycles. The normalized spacial score (nSPS) is 19.4. The lowest BCUT2D eigenvalue weighted by atomic mass is 9.68. The fourth-order valence-electron chi connectivity index (χ4n) is 4.92. The molecule has 0 fully saturated rings. The van der Waals surface area contributed by atoms with E-state index in [0.29, 0.717) is 52.4 Å². The Bertz CT molecular complexity index is 1210. The van der Waals surface area contributed by atoms with Crippen LogP contribution in [0.2, 0.25) is 0 Å². The number of dihydropyridines is 1. The van der Waals surface area contributed by atoms with E-state index in [4.69, 9.17) is 9.47 Å². The van der Waals surface area contributed by atoms with Crippen molar-refractivity contribution >= 4 is 17.4 Å². The van der Waals surface area contributed by atoms with E-state index in [1.807, 2.05) is 19.1 Å². The SMILES string of the molecule is COc1cccc([C@H]2C(C(=O)Nc3ccc(F)cc3)=C(C)NC3=C2C(=O)CC(C)(C)C3)c1OC. The van der Waals surface area contributed by atoms with Crippen LogP contribution in [0.25, 0.3) is 0 Å². The zero-order valence-corrected chi connectivity index (χ0v) is 20.0. The average Bonchev–Trinajstić information content (AvgIpc) is 2.78. The van der Waals surface area contributed by atoms with E-state index in [9.17, 15) is 14.0 Å². The summed E-state index contributed by atoms with van der Waals surface area (Å²) in [6.07, 6.45) is 1.06. The van der Waals surface area contributed by atoms with Crippen molar-refractivity contribution in [1.29, 1.82) is 0 Å². The molecule has 34 heavy (non-hydrogen) atoms. The lowest BCUT2D eigenvalue weighted by Crippen LogP contribution is -2.39. The van der Waals surface area contributed by atoms with Crippen molar-refractivity contribution in [3.05, 3.63) is 76.4 Å². The highest BCUT2D eigenvalue weighted by molar-refractivity contribution is 6.10. The zero-order valence-electron chi connectivity index (χ0n) is 20.0. The third-order valence-corrected chi connectivity index (χ3v) is 6.33. The van der Waals surface area contributed by atoms with Crippen molar-refractivity contribution in [3.8, 4) is 11.5 Å². The number of ether oxygens (including phenoxy) is 2. The molecule has 1 heterocycles. The molecule has 1 aliphatic carbocycles. The van der Waals surface area contributed by atoms with E-state index in [1.54, 1.807) is 20.3 Å². The van der Waals surface area contributed by atoms with E-state index in [1.165, 1.54) is 24.3 Å². The van der Waals surface area contributed by atoms with Crippen molar-refractivity contribution in [1.82, 2.24) is 5.32 Å². The number of amides is 1. The topological polar surface area (TPSA) is 76.7 Å². The van der Waals surface area contributed by atoms with Gasteiger partial charge in [-0.1, -0.05) is 26.0 Å². The maximum absolute atomic E-state index is 13.6. The Morgan fingerprint density at radius 2 is 1.79 bits per heavy atom. The fraction of sp³-hybridized carbons (Fsp3) is 0.333. The van der Waals surface area contributed by atoms with Gasteiger partial charge in [0, 0.05) is 40.2 Å². The van der Waals surface area contributed by atoms with E-state index < -0.39 is 11.7 Å². The maximum atomic E-state index is 13.6. The Hall–Kier alpha value is -3.61. The predicted molar refractivity (Wildman–Crippen MR) is 128 cm³/mol. The highest BCUT2D eigenvalue weighted by Gasteiger charge is 2.43. The summed E-state index contributed by atoms with van der Waals surface area (Å²) in [5, 5.41) is 6.19. The molecule has 178 valence electrons. The van der Waals surface area contributed by atoms with Crippen LogP contribution in [-0.2, 0) is 9.59 Å². The third-order valence-electron chi connectivity index (χ3n) is 6.33. The molecule has 6 nitrogen and oxygen atoms in total. The Balaban J connectivity index is 1.87. The number of methoxy groups -OCH3 is 2. The molecule has 7 heteroatoms. The van der Waals surface area contributed by atoms with Crippen LogP contribution in [0.5, 0.6) is 11.5 Å². The summed E-state index contributed by atoms with van der Waals surface area (Å²) in [5.74, 6) is -0.437. The van der Waals surface area contributed by atoms with E-state index in [0.717, 1.165) is 5.70 Å². The van der Waals surface area contributed by atoms with Gasteiger partial charge in [0.25, 0.3) is 5.91 Å². The number of allylic oxidation sites excluding steroid dienone is 3. The van der Waals surface area contributed by atoms with Crippen molar-refractivity contribution in [2.24, 2.45) is 5.41 Å². The molecule has 0 radical (unpaired) electrons. The van der Waals surface area contributed by atoms with Gasteiger partial charge in [0.2, 0.25) is 0 Å². The first-order chi connectivity index (χ1) is 16.1. The standard InChI is InChI=1S/C27H29FN2O4/c1-15-22(26(32)30-17-11-9-16(28)10-12-17)23(18-7-6-8-21(33-4)25(18)34-5)24-19(29-15)13-27(2,3)14-20(24)31/h6-12,23,29H,13-14H2,1-5H3,(H,30,32)/t23-/m0/s1. The van der Waals surface area contributed by atoms with Crippen LogP contribution in [0, 0.1) is 11.2 Å². The van der Waals surface area contributed by atoms with Crippen molar-refractivity contribution in [3.63, 3.8) is 0 Å². The number of hydrogen-bond donors (Lipinski definition) is 2. The van der Waals surface area contributed by atoms with Gasteiger partial charge >= 0.3 is 0 Å². The second-order valence-corrected chi connectivity index (χ2v) is 9.47. The molecule has 0 bridgehead atoms. The molecule has 0 saturated heterocycles. The number of halogens is 1. The van der Waals surface area contributed by atoms with Crippen LogP contribution in [-0.4, -0.2) is 25.9 Å². The minimum absolute atomic E-state index is 0.00629. The second-order valence-electron chi connectivity index (χ2n) is 9.47. The van der Waals surface area contributed by atoms with Gasteiger partial charge in [-0.25, -0.2) is 4.39 Å². The average molecular weight is 465 g/mol. The maximum Gasteiger partial charge on any atom is 0.254 e. The molecule has 1 amide bonds. The lowest BCUT2D eigenvalue weighted by Gasteiger charge is -2.40. The molecule has 2 aromatic rings. The highest BCUT2D eigenvalue weighted by atomic mass is 19.1. The van der Waals surface area contributed by atoms with Crippen LogP contribution >= 0.6 is 0 Å². The second kappa shape index (κ2) is 8.97. The van der Waals surface area contributed by atoms with Crippen LogP contribution < -0.4 is 20.1 Å². The monoisotopic (exact) mass is 464 g/mol. The van der Waals surface area contributed by atoms with Gasteiger partial charge in [-0.3, -0.25) is 9.59 Å². The first-order valence-corrected chi connectivity index (χ1v) is 11.2. The Morgan fingerprint density at radius 3 is 2.44 bits per heavy atom. The van der Waals surface area contributed by atoms with Crippen molar-refractivity contribution in [2.45, 2.75) is 39.5 Å². The number of nitrogens with one attached hydrogen (secondary N) is 2. The summed E-state index contributed by atoms with van der Waals surface area (Å²) in [4.78, 5) is 27.1. The molecule has 2 aliphatic rings. The van der Waals surface area contributed by atoms with Gasteiger partial charge in [-0.15, -0.1) is 0 Å². The molecule has 1 atom stereocenters. The van der Waals surface area contributed by atoms with Crippen molar-refractivity contribution < 1.29 is 23.5 Å². The van der Waals surface area contributed by atoms with Crippen LogP contribution in [0.15, 0.2) is 65.0 Å². The third kappa shape index (κ3) is 4.30. The zero-order chi connectivity index (χ0) is 24.6. The number of anilines is 1. The number of para-hydroxylation sites is 1. The molecular formula is C27H29FN2O4. The van der Waals surface area contributed by atoms with Gasteiger partial charge < -0.3 is 20.1 Å². The number of rotatable bonds is 5. The first kappa shape index (κ1) is 23.5. The molecule has 2 N–H and O–H groups in total. The quantitative estimate of drug-likeness (QED) is 0.645. The Kier molecular flexibility index (Phi) is 6.21. The number of carbonyl (C=O) groups excluding carboxylic acids is 2. The molecule has 1 aliphatic heterocycles. The van der Waals surface area contributed by atoms with Gasteiger partial charge in [0.15, 0.2) is 17.3 Å². The summed E-state index contributed by atoms with van der Waals surface area (Å²) in [6, 6.07) is 11.0. The summed E-state index contributed by atoms with van der Waals surface area (Å²) in [7, 11) is 3.09. The summed E-state index contributed by atoms with van der Waals surface area (Å²) < 4.78 is 24.6. The summed E-state index contributed by atoms with van der Waals surface area (Å²) >= 11 is 0. The number of carbonyl (C=O) groups is 2. The molecule has 0 saturated carbocycles. The van der Waals surface area contributed by atoms with Gasteiger partial charge in [0.1, 0.15) is 5.82 Å². The van der Waals surface area contributed by atoms with Gasteiger partial charge in [-0.05, 0) is 49.1 Å². The van der Waals surface area contributed by atoms with Crippen LogP contribution in [0.3, 0.4) is 0 Å². The van der Waals surface area contributed by atoms with Gasteiger partial charge in [-0.2, -0.15) is 0 Å². The number of Topliss-reactive ketones (excluding diaryl/α,β-unsaturated/α-hetero) is 1. The minimum atomic E-state index is -0.648. The van der Waals surface area contributed by atoms with Crippen molar-refractivity contribution in [2.75, 3.05) is 19.5 Å².